The molecule has 0 radical (unpaired) electrons. The Bertz CT molecular complexity index is 1720. The zero-order valence-electron chi connectivity index (χ0n) is 21.2. The first-order chi connectivity index (χ1) is 18.7. The largest absolute Gasteiger partial charge is 0.479 e. The predicted molar refractivity (Wildman–Crippen MR) is 143 cm³/mol. The molecule has 5 aromatic rings. The number of nitrogens with zero attached hydrogens (tertiary/aromatic N) is 8. The van der Waals surface area contributed by atoms with E-state index < -0.39 is 21.2 Å². The summed E-state index contributed by atoms with van der Waals surface area (Å²) in [7, 11) is -1.24. The second-order valence-corrected chi connectivity index (χ2v) is 10.9. The molecule has 5 rings (SSSR count). The normalized spacial score (nSPS) is 13.3. The van der Waals surface area contributed by atoms with Crippen LogP contribution in [-0.2, 0) is 10.0 Å². The number of fused-ring (bicyclic) bond motifs is 1. The second-order valence-electron chi connectivity index (χ2n) is 8.44. The van der Waals surface area contributed by atoms with Crippen molar-refractivity contribution in [3.05, 3.63) is 53.8 Å². The van der Waals surface area contributed by atoms with Gasteiger partial charge < -0.3 is 9.47 Å². The van der Waals surface area contributed by atoms with Gasteiger partial charge in [-0.3, -0.25) is 9.82 Å². The first kappa shape index (κ1) is 26.2. The summed E-state index contributed by atoms with van der Waals surface area (Å²) in [5.41, 5.74) is 1.33. The smallest absolute Gasteiger partial charge is 0.245 e. The molecule has 39 heavy (non-hydrogen) atoms. The van der Waals surface area contributed by atoms with Crippen molar-refractivity contribution < 1.29 is 17.9 Å². The number of H-pyrrole nitrogens is 1. The summed E-state index contributed by atoms with van der Waals surface area (Å²) < 4.78 is 42.1. The summed E-state index contributed by atoms with van der Waals surface area (Å²) in [6.07, 6.45) is 4.09. The summed E-state index contributed by atoms with van der Waals surface area (Å²) in [4.78, 5) is 16.7. The number of ether oxygens (including phenoxy) is 2. The number of anilines is 1. The van der Waals surface area contributed by atoms with Crippen molar-refractivity contribution in [2.45, 2.75) is 25.0 Å². The first-order valence-electron chi connectivity index (χ1n) is 11.6. The predicted octanol–water partition coefficient (Wildman–Crippen LogP) is 3.00. The van der Waals surface area contributed by atoms with Gasteiger partial charge in [0.05, 0.1) is 30.0 Å². The number of sulfonamides is 1. The number of aromatic nitrogens is 9. The molecule has 0 aliphatic carbocycles. The lowest BCUT2D eigenvalue weighted by atomic mass is 10.1. The Balaban J connectivity index is 1.65. The minimum Gasteiger partial charge on any atom is -0.479 e. The Morgan fingerprint density at radius 3 is 2.33 bits per heavy atom. The van der Waals surface area contributed by atoms with Crippen LogP contribution in [0.25, 0.3) is 28.1 Å². The fraction of sp³-hybridized carbons (Fsp3) is 0.261. The molecule has 16 heteroatoms. The number of rotatable bonds is 9. The Kier molecular flexibility index (Phi) is 7.01. The van der Waals surface area contributed by atoms with E-state index in [2.05, 4.69) is 45.1 Å². The van der Waals surface area contributed by atoms with Crippen LogP contribution in [0.1, 0.15) is 25.6 Å². The quantitative estimate of drug-likeness (QED) is 0.266. The van der Waals surface area contributed by atoms with E-state index in [0.29, 0.717) is 16.5 Å². The molecule has 14 nitrogen and oxygen atoms in total. The average molecular weight is 571 g/mol. The van der Waals surface area contributed by atoms with Gasteiger partial charge in [-0.2, -0.15) is 15.1 Å². The minimum absolute atomic E-state index is 0.0965. The van der Waals surface area contributed by atoms with Gasteiger partial charge in [0.25, 0.3) is 0 Å². The summed E-state index contributed by atoms with van der Waals surface area (Å²) >= 11 is 5.89. The third-order valence-corrected chi connectivity index (χ3v) is 8.23. The molecule has 2 atom stereocenters. The molecule has 0 saturated heterocycles. The number of methoxy groups -OCH3 is 2. The Labute approximate surface area is 227 Å². The third kappa shape index (κ3) is 4.81. The lowest BCUT2D eigenvalue weighted by Gasteiger charge is -2.20. The van der Waals surface area contributed by atoms with Gasteiger partial charge in [-0.15, -0.1) is 10.2 Å². The maximum absolute atomic E-state index is 13.6. The summed E-state index contributed by atoms with van der Waals surface area (Å²) in [5, 5.41) is 15.9. The van der Waals surface area contributed by atoms with Gasteiger partial charge >= 0.3 is 0 Å². The third-order valence-electron chi connectivity index (χ3n) is 6.19. The molecule has 0 spiro atoms. The molecule has 0 amide bonds. The van der Waals surface area contributed by atoms with Crippen LogP contribution in [0.2, 0.25) is 5.02 Å². The van der Waals surface area contributed by atoms with Crippen molar-refractivity contribution in [1.82, 2.24) is 44.9 Å². The topological polar surface area (TPSA) is 176 Å². The fourth-order valence-electron chi connectivity index (χ4n) is 3.94. The molecule has 0 bridgehead atoms. The van der Waals surface area contributed by atoms with Crippen molar-refractivity contribution in [3.8, 4) is 29.0 Å². The zero-order valence-corrected chi connectivity index (χ0v) is 22.8. The van der Waals surface area contributed by atoms with E-state index in [-0.39, 0.29) is 29.2 Å². The minimum atomic E-state index is -4.08. The van der Waals surface area contributed by atoms with Crippen molar-refractivity contribution in [3.63, 3.8) is 0 Å². The monoisotopic (exact) mass is 570 g/mol. The van der Waals surface area contributed by atoms with Crippen LogP contribution in [0.5, 0.6) is 11.8 Å². The SMILES string of the molecule is COc1ncnc(OC)c1-n1c(NS(=O)(=O)[C@@H](C)[C@H](C)c2ncc(Cl)cn2)nnc1-c1n[nH]c2ccccc12. The van der Waals surface area contributed by atoms with Crippen LogP contribution in [0.15, 0.2) is 43.0 Å². The van der Waals surface area contributed by atoms with E-state index in [0.717, 1.165) is 10.9 Å². The second kappa shape index (κ2) is 10.4. The standard InChI is InChI=1S/C23H23ClN10O4S/c1-12(19-25-9-14(24)10-26-19)13(2)39(35,36)33-23-32-31-20(17-15-7-5-6-8-16(15)29-30-17)34(23)18-21(37-3)27-11-28-22(18)38-4/h5-13H,1-4H3,(H,29,30)(H,32,33)/t12-,13-/m0/s1. The highest BCUT2D eigenvalue weighted by molar-refractivity contribution is 7.93. The van der Waals surface area contributed by atoms with Gasteiger partial charge in [0.15, 0.2) is 11.5 Å². The number of hydrogen-bond acceptors (Lipinski definition) is 11. The molecule has 4 aromatic heterocycles. The van der Waals surface area contributed by atoms with Crippen molar-refractivity contribution in [1.29, 1.82) is 0 Å². The number of para-hydroxylation sites is 1. The van der Waals surface area contributed by atoms with Gasteiger partial charge in [-0.25, -0.2) is 23.0 Å². The molecule has 2 N–H and O–H groups in total. The molecular weight excluding hydrogens is 548 g/mol. The lowest BCUT2D eigenvalue weighted by molar-refractivity contribution is 0.368. The van der Waals surface area contributed by atoms with Crippen LogP contribution >= 0.6 is 11.6 Å². The van der Waals surface area contributed by atoms with Crippen LogP contribution < -0.4 is 14.2 Å². The van der Waals surface area contributed by atoms with E-state index >= 15 is 0 Å². The van der Waals surface area contributed by atoms with Gasteiger partial charge in [-0.05, 0) is 13.0 Å². The highest BCUT2D eigenvalue weighted by atomic mass is 35.5. The van der Waals surface area contributed by atoms with Crippen LogP contribution in [-0.4, -0.2) is 72.8 Å². The van der Waals surface area contributed by atoms with E-state index in [9.17, 15) is 8.42 Å². The van der Waals surface area contributed by atoms with E-state index in [4.69, 9.17) is 21.1 Å². The van der Waals surface area contributed by atoms with Gasteiger partial charge in [0.2, 0.25) is 27.7 Å². The lowest BCUT2D eigenvalue weighted by Crippen LogP contribution is -2.31. The zero-order chi connectivity index (χ0) is 27.7. The number of benzene rings is 1. The van der Waals surface area contributed by atoms with Gasteiger partial charge in [-0.1, -0.05) is 36.7 Å². The Hall–Kier alpha value is -4.37. The molecule has 0 aliphatic heterocycles. The van der Waals surface area contributed by atoms with Crippen molar-refractivity contribution >= 4 is 38.5 Å². The maximum atomic E-state index is 13.6. The first-order valence-corrected chi connectivity index (χ1v) is 13.5. The maximum Gasteiger partial charge on any atom is 0.245 e. The molecular formula is C23H23ClN10O4S. The van der Waals surface area contributed by atoms with Crippen LogP contribution in [0.4, 0.5) is 5.95 Å². The molecule has 4 heterocycles. The van der Waals surface area contributed by atoms with E-state index in [1.165, 1.54) is 37.5 Å². The van der Waals surface area contributed by atoms with E-state index in [1.807, 2.05) is 24.3 Å². The van der Waals surface area contributed by atoms with Gasteiger partial charge in [0.1, 0.15) is 17.8 Å². The Morgan fingerprint density at radius 2 is 1.67 bits per heavy atom. The van der Waals surface area contributed by atoms with E-state index in [1.54, 1.807) is 13.8 Å². The summed E-state index contributed by atoms with van der Waals surface area (Å²) in [5.74, 6) is -0.0339. The van der Waals surface area contributed by atoms with Crippen molar-refractivity contribution in [2.75, 3.05) is 18.9 Å². The molecule has 0 unspecified atom stereocenters. The molecule has 0 fully saturated rings. The number of hydrogen-bond donors (Lipinski definition) is 2. The highest BCUT2D eigenvalue weighted by Gasteiger charge is 2.33. The summed E-state index contributed by atoms with van der Waals surface area (Å²) in [6, 6.07) is 7.41. The average Bonchev–Trinajstić information content (AvgIpc) is 3.55. The molecule has 0 aliphatic rings. The summed E-state index contributed by atoms with van der Waals surface area (Å²) in [6.45, 7) is 3.25. The molecule has 1 aromatic carbocycles. The molecule has 202 valence electrons. The van der Waals surface area contributed by atoms with Crippen LogP contribution in [0, 0.1) is 0 Å². The number of aromatic amines is 1. The molecule has 0 saturated carbocycles. The fourth-order valence-corrected chi connectivity index (χ4v) is 5.27. The van der Waals surface area contributed by atoms with Gasteiger partial charge in [0, 0.05) is 23.7 Å². The Morgan fingerprint density at radius 1 is 1.00 bits per heavy atom. The van der Waals surface area contributed by atoms with Crippen molar-refractivity contribution in [2.24, 2.45) is 0 Å². The highest BCUT2D eigenvalue weighted by Crippen LogP contribution is 2.36. The van der Waals surface area contributed by atoms with Crippen LogP contribution in [0.3, 0.4) is 0 Å². The number of nitrogens with one attached hydrogen (secondary N) is 2. The number of halogens is 1.